The van der Waals surface area contributed by atoms with Crippen molar-refractivity contribution in [2.24, 2.45) is 0 Å². The second-order valence-corrected chi connectivity index (χ2v) is 3.63. The number of halogens is 2. The molecule has 1 aromatic heterocycles. The minimum atomic E-state index is -2.77. The second-order valence-electron chi connectivity index (χ2n) is 1.97. The van der Waals surface area contributed by atoms with Gasteiger partial charge in [0, 0.05) is 0 Å². The van der Waals surface area contributed by atoms with Crippen molar-refractivity contribution in [2.45, 2.75) is 11.8 Å². The highest BCUT2D eigenvalue weighted by Crippen LogP contribution is 2.19. The first-order valence-corrected chi connectivity index (χ1v) is 4.79. The number of thiol groups is 1. The number of nitrogens with zero attached hydrogens (tertiary/aromatic N) is 2. The Morgan fingerprint density at radius 2 is 1.83 bits per heavy atom. The van der Waals surface area contributed by atoms with Gasteiger partial charge in [0.15, 0.2) is 15.9 Å². The molecule has 0 aliphatic carbocycles. The normalized spacial score (nSPS) is 10.7. The lowest BCUT2D eigenvalue weighted by Crippen LogP contribution is -1.95. The summed E-state index contributed by atoms with van der Waals surface area (Å²) >= 11 is 10.9. The molecule has 0 atom stereocenters. The minimum Gasteiger partial charge on any atom is -0.227 e. The summed E-state index contributed by atoms with van der Waals surface area (Å²) in [5, 5.41) is -0.193. The number of hydrogen-bond donors (Lipinski definition) is 1. The summed E-state index contributed by atoms with van der Waals surface area (Å²) in [5.74, 6) is 0. The molecule has 0 N–H and O–H groups in total. The zero-order valence-corrected chi connectivity index (χ0v) is 8.32. The molecule has 12 heavy (non-hydrogen) atoms. The molecule has 4 nitrogen and oxygen atoms in total. The number of aryl methyl sites for hydroxylation is 1. The Morgan fingerprint density at radius 3 is 2.25 bits per heavy atom. The summed E-state index contributed by atoms with van der Waals surface area (Å²) in [4.78, 5) is 7.06. The first kappa shape index (κ1) is 9.70. The van der Waals surface area contributed by atoms with Crippen LogP contribution in [-0.4, -0.2) is 18.4 Å². The molecule has 0 bridgehead atoms. The van der Waals surface area contributed by atoms with Crippen LogP contribution in [-0.2, 0) is 10.7 Å². The van der Waals surface area contributed by atoms with Crippen molar-refractivity contribution in [3.63, 3.8) is 0 Å². The van der Waals surface area contributed by atoms with Crippen molar-refractivity contribution in [2.75, 3.05) is 0 Å². The first-order valence-electron chi connectivity index (χ1n) is 2.86. The van der Waals surface area contributed by atoms with E-state index in [9.17, 15) is 8.42 Å². The van der Waals surface area contributed by atoms with Crippen LogP contribution in [0, 0.1) is 6.92 Å². The minimum absolute atomic E-state index is 0.0573. The number of rotatable bonds is 1. The van der Waals surface area contributed by atoms with Crippen LogP contribution in [0.3, 0.4) is 0 Å². The van der Waals surface area contributed by atoms with E-state index in [1.165, 1.54) is 6.92 Å². The fourth-order valence-electron chi connectivity index (χ4n) is 0.707. The van der Waals surface area contributed by atoms with Gasteiger partial charge in [0.25, 0.3) is 0 Å². The lowest BCUT2D eigenvalue weighted by molar-refractivity contribution is 0.613. The van der Waals surface area contributed by atoms with Gasteiger partial charge in [0.1, 0.15) is 4.90 Å². The fraction of sp³-hybridized carbons (Fsp3) is 0.200. The van der Waals surface area contributed by atoms with Gasteiger partial charge in [0.2, 0.25) is 5.28 Å². The van der Waals surface area contributed by atoms with E-state index in [0.29, 0.717) is 0 Å². The average molecular weight is 227 g/mol. The van der Waals surface area contributed by atoms with Gasteiger partial charge < -0.3 is 0 Å². The van der Waals surface area contributed by atoms with Crippen molar-refractivity contribution in [1.29, 1.82) is 0 Å². The third-order valence-electron chi connectivity index (χ3n) is 1.17. The van der Waals surface area contributed by atoms with E-state index in [4.69, 9.17) is 23.2 Å². The van der Waals surface area contributed by atoms with E-state index in [2.05, 4.69) is 9.97 Å². The summed E-state index contributed by atoms with van der Waals surface area (Å²) in [5.41, 5.74) is 0.260. The maximum absolute atomic E-state index is 10.6. The van der Waals surface area contributed by atoms with Gasteiger partial charge in [0.05, 0.1) is 5.69 Å². The predicted molar refractivity (Wildman–Crippen MR) is 45.4 cm³/mol. The molecule has 0 radical (unpaired) electrons. The van der Waals surface area contributed by atoms with E-state index >= 15 is 0 Å². The van der Waals surface area contributed by atoms with Crippen molar-refractivity contribution in [3.05, 3.63) is 16.1 Å². The Morgan fingerprint density at radius 1 is 1.25 bits per heavy atom. The van der Waals surface area contributed by atoms with Crippen LogP contribution in [0.4, 0.5) is 0 Å². The van der Waals surface area contributed by atoms with E-state index in [1.54, 1.807) is 0 Å². The van der Waals surface area contributed by atoms with Gasteiger partial charge in [-0.1, -0.05) is 11.6 Å². The van der Waals surface area contributed by atoms with E-state index in [0.717, 1.165) is 0 Å². The molecular weight excluding hydrogens is 223 g/mol. The molecule has 0 fully saturated rings. The molecule has 0 saturated carbocycles. The van der Waals surface area contributed by atoms with Gasteiger partial charge in [-0.05, 0) is 18.5 Å². The summed E-state index contributed by atoms with van der Waals surface area (Å²) in [7, 11) is -2.77. The predicted octanol–water partition coefficient (Wildman–Crippen LogP) is 1.06. The summed E-state index contributed by atoms with van der Waals surface area (Å²) in [6.45, 7) is 1.50. The number of hydrogen-bond acceptors (Lipinski definition) is 4. The van der Waals surface area contributed by atoms with Crippen LogP contribution in [0.1, 0.15) is 5.69 Å². The molecule has 0 spiro atoms. The third-order valence-corrected chi connectivity index (χ3v) is 2.65. The molecule has 0 unspecified atom stereocenters. The Balaban J connectivity index is 3.48. The Hall–Kier alpha value is -0.390. The van der Waals surface area contributed by atoms with E-state index < -0.39 is 10.7 Å². The van der Waals surface area contributed by atoms with Crippen molar-refractivity contribution in [1.82, 2.24) is 9.97 Å². The quantitative estimate of drug-likeness (QED) is 0.442. The summed E-state index contributed by atoms with van der Waals surface area (Å²) < 4.78 is 21.2. The van der Waals surface area contributed by atoms with Crippen molar-refractivity contribution in [3.8, 4) is 0 Å². The van der Waals surface area contributed by atoms with Gasteiger partial charge in [-0.2, -0.15) is 0 Å². The maximum atomic E-state index is 10.6. The molecular formula is C5H4Cl2N2O2S. The Bertz CT molecular complexity index is 360. The van der Waals surface area contributed by atoms with Crippen LogP contribution in [0.25, 0.3) is 0 Å². The molecule has 0 amide bonds. The zero-order valence-electron chi connectivity index (χ0n) is 5.91. The second kappa shape index (κ2) is 3.55. The first-order chi connectivity index (χ1) is 5.52. The van der Waals surface area contributed by atoms with Crippen LogP contribution in [0.15, 0.2) is 4.90 Å². The van der Waals surface area contributed by atoms with Crippen LogP contribution >= 0.6 is 23.2 Å². The van der Waals surface area contributed by atoms with Crippen LogP contribution in [0.2, 0.25) is 10.4 Å². The number of aromatic nitrogens is 2. The standard InChI is InChI=1S/C5H4Cl2N2O2S/c1-2-3(12(10)11)4(6)9-5(7)8-2/h12H,1H3. The van der Waals surface area contributed by atoms with Gasteiger partial charge in [-0.25, -0.2) is 18.4 Å². The molecule has 0 saturated heterocycles. The molecule has 0 aliphatic heterocycles. The van der Waals surface area contributed by atoms with Crippen molar-refractivity contribution < 1.29 is 8.42 Å². The monoisotopic (exact) mass is 226 g/mol. The highest BCUT2D eigenvalue weighted by atomic mass is 35.5. The third kappa shape index (κ3) is 1.85. The smallest absolute Gasteiger partial charge is 0.224 e. The van der Waals surface area contributed by atoms with E-state index in [-0.39, 0.29) is 21.0 Å². The molecule has 0 aromatic carbocycles. The fourth-order valence-corrected chi connectivity index (χ4v) is 1.90. The average Bonchev–Trinajstić information content (AvgIpc) is 1.82. The Labute approximate surface area is 80.5 Å². The summed E-state index contributed by atoms with van der Waals surface area (Å²) in [6.07, 6.45) is 0. The maximum Gasteiger partial charge on any atom is 0.224 e. The van der Waals surface area contributed by atoms with E-state index in [1.807, 2.05) is 0 Å². The molecule has 7 heteroatoms. The van der Waals surface area contributed by atoms with Crippen molar-refractivity contribution >= 4 is 33.9 Å². The highest BCUT2D eigenvalue weighted by molar-refractivity contribution is 7.72. The SMILES string of the molecule is Cc1nc(Cl)nc(Cl)c1[SH](=O)=O. The summed E-state index contributed by atoms with van der Waals surface area (Å²) in [6, 6.07) is 0. The topological polar surface area (TPSA) is 59.9 Å². The van der Waals surface area contributed by atoms with Gasteiger partial charge in [-0.3, -0.25) is 0 Å². The molecule has 1 rings (SSSR count). The molecule has 1 aromatic rings. The van der Waals surface area contributed by atoms with Gasteiger partial charge in [-0.15, -0.1) is 0 Å². The van der Waals surface area contributed by atoms with Gasteiger partial charge >= 0.3 is 0 Å². The van der Waals surface area contributed by atoms with Crippen LogP contribution < -0.4 is 0 Å². The molecule has 0 aliphatic rings. The highest BCUT2D eigenvalue weighted by Gasteiger charge is 2.10. The zero-order chi connectivity index (χ0) is 9.30. The lowest BCUT2D eigenvalue weighted by Gasteiger charge is -1.98. The molecule has 1 heterocycles. The van der Waals surface area contributed by atoms with Crippen LogP contribution in [0.5, 0.6) is 0 Å². The lowest BCUT2D eigenvalue weighted by atomic mass is 10.5. The molecule has 66 valence electrons. The Kier molecular flexibility index (Phi) is 2.87. The largest absolute Gasteiger partial charge is 0.227 e.